The molecule has 19 heavy (non-hydrogen) atoms. The quantitative estimate of drug-likeness (QED) is 0.663. The Morgan fingerprint density at radius 2 is 1.68 bits per heavy atom. The summed E-state index contributed by atoms with van der Waals surface area (Å²) >= 11 is 5.83. The molecule has 1 atom stereocenters. The van der Waals surface area contributed by atoms with Crippen LogP contribution in [0.3, 0.4) is 0 Å². The van der Waals surface area contributed by atoms with Gasteiger partial charge in [0.05, 0.1) is 0 Å². The molecule has 0 aliphatic heterocycles. The largest absolute Gasteiger partial charge is 0.310 e. The Kier molecular flexibility index (Phi) is 5.85. The van der Waals surface area contributed by atoms with Crippen LogP contribution in [-0.2, 0) is 6.42 Å². The SMILES string of the molecule is CCNC(Cc1ccc(I)cc1)c1ccc(Br)cc1. The van der Waals surface area contributed by atoms with E-state index in [1.54, 1.807) is 0 Å². The highest BCUT2D eigenvalue weighted by Gasteiger charge is 2.10. The maximum absolute atomic E-state index is 3.56. The van der Waals surface area contributed by atoms with Crippen molar-refractivity contribution in [3.05, 3.63) is 67.7 Å². The van der Waals surface area contributed by atoms with Gasteiger partial charge in [0.25, 0.3) is 0 Å². The molecule has 100 valence electrons. The molecule has 0 bridgehead atoms. The van der Waals surface area contributed by atoms with Crippen molar-refractivity contribution < 1.29 is 0 Å². The van der Waals surface area contributed by atoms with E-state index < -0.39 is 0 Å². The predicted octanol–water partition coefficient (Wildman–Crippen LogP) is 4.95. The van der Waals surface area contributed by atoms with Crippen LogP contribution in [0.1, 0.15) is 24.1 Å². The molecule has 0 saturated carbocycles. The summed E-state index contributed by atoms with van der Waals surface area (Å²) in [6.45, 7) is 3.13. The van der Waals surface area contributed by atoms with Gasteiger partial charge in [0.15, 0.2) is 0 Å². The molecule has 1 N–H and O–H groups in total. The number of nitrogens with one attached hydrogen (secondary N) is 1. The molecule has 2 aromatic carbocycles. The minimum Gasteiger partial charge on any atom is -0.310 e. The molecule has 0 heterocycles. The van der Waals surface area contributed by atoms with Gasteiger partial charge in [-0.2, -0.15) is 0 Å². The predicted molar refractivity (Wildman–Crippen MR) is 93.4 cm³/mol. The average Bonchev–Trinajstić information content (AvgIpc) is 2.42. The van der Waals surface area contributed by atoms with E-state index in [1.165, 1.54) is 14.7 Å². The summed E-state index contributed by atoms with van der Waals surface area (Å²) in [5, 5.41) is 3.56. The molecule has 0 aliphatic rings. The van der Waals surface area contributed by atoms with Gasteiger partial charge < -0.3 is 5.32 Å². The van der Waals surface area contributed by atoms with Gasteiger partial charge >= 0.3 is 0 Å². The Labute approximate surface area is 137 Å². The van der Waals surface area contributed by atoms with Crippen molar-refractivity contribution in [2.75, 3.05) is 6.54 Å². The Morgan fingerprint density at radius 1 is 1.05 bits per heavy atom. The molecule has 2 rings (SSSR count). The van der Waals surface area contributed by atoms with Crippen LogP contribution in [0.25, 0.3) is 0 Å². The maximum Gasteiger partial charge on any atom is 0.0360 e. The zero-order valence-corrected chi connectivity index (χ0v) is 14.6. The van der Waals surface area contributed by atoms with Crippen LogP contribution in [0.2, 0.25) is 0 Å². The van der Waals surface area contributed by atoms with Crippen LogP contribution >= 0.6 is 38.5 Å². The first-order chi connectivity index (χ1) is 9.19. The summed E-state index contributed by atoms with van der Waals surface area (Å²) in [7, 11) is 0. The van der Waals surface area contributed by atoms with E-state index in [0.717, 1.165) is 17.4 Å². The van der Waals surface area contributed by atoms with Crippen molar-refractivity contribution in [2.24, 2.45) is 0 Å². The van der Waals surface area contributed by atoms with Gasteiger partial charge in [0.2, 0.25) is 0 Å². The zero-order chi connectivity index (χ0) is 13.7. The fourth-order valence-electron chi connectivity index (χ4n) is 2.11. The Bertz CT molecular complexity index is 507. The highest BCUT2D eigenvalue weighted by atomic mass is 127. The molecule has 1 unspecified atom stereocenters. The van der Waals surface area contributed by atoms with Crippen LogP contribution in [-0.4, -0.2) is 6.54 Å². The summed E-state index contributed by atoms with van der Waals surface area (Å²) in [6.07, 6.45) is 1.02. The van der Waals surface area contributed by atoms with Crippen LogP contribution in [0.4, 0.5) is 0 Å². The maximum atomic E-state index is 3.56. The number of rotatable bonds is 5. The van der Waals surface area contributed by atoms with Gasteiger partial charge in [-0.3, -0.25) is 0 Å². The number of benzene rings is 2. The second-order valence-electron chi connectivity index (χ2n) is 4.49. The minimum atomic E-state index is 0.373. The molecule has 0 aliphatic carbocycles. The van der Waals surface area contributed by atoms with Crippen molar-refractivity contribution in [3.63, 3.8) is 0 Å². The van der Waals surface area contributed by atoms with Gasteiger partial charge in [0, 0.05) is 14.1 Å². The number of likely N-dealkylation sites (N-methyl/N-ethyl adjacent to an activating group) is 1. The zero-order valence-electron chi connectivity index (χ0n) is 10.9. The Morgan fingerprint density at radius 3 is 2.26 bits per heavy atom. The first-order valence-electron chi connectivity index (χ1n) is 6.42. The van der Waals surface area contributed by atoms with Crippen LogP contribution in [0, 0.1) is 3.57 Å². The van der Waals surface area contributed by atoms with E-state index in [4.69, 9.17) is 0 Å². The molecule has 0 radical (unpaired) electrons. The van der Waals surface area contributed by atoms with Crippen LogP contribution < -0.4 is 5.32 Å². The van der Waals surface area contributed by atoms with Crippen molar-refractivity contribution >= 4 is 38.5 Å². The average molecular weight is 430 g/mol. The van der Waals surface area contributed by atoms with E-state index in [-0.39, 0.29) is 0 Å². The van der Waals surface area contributed by atoms with Crippen LogP contribution in [0.15, 0.2) is 53.0 Å². The molecule has 0 aromatic heterocycles. The molecule has 0 amide bonds. The van der Waals surface area contributed by atoms with Crippen LogP contribution in [0.5, 0.6) is 0 Å². The molecule has 2 aromatic rings. The normalized spacial score (nSPS) is 12.4. The summed E-state index contributed by atoms with van der Waals surface area (Å²) in [4.78, 5) is 0. The lowest BCUT2D eigenvalue weighted by atomic mass is 9.99. The number of hydrogen-bond donors (Lipinski definition) is 1. The molecule has 0 fully saturated rings. The minimum absolute atomic E-state index is 0.373. The van der Waals surface area contributed by atoms with E-state index in [9.17, 15) is 0 Å². The number of hydrogen-bond acceptors (Lipinski definition) is 1. The Hall–Kier alpha value is -0.390. The van der Waals surface area contributed by atoms with Gasteiger partial charge in [-0.25, -0.2) is 0 Å². The standard InChI is InChI=1S/C16H17BrIN/c1-2-19-16(13-5-7-14(17)8-6-13)11-12-3-9-15(18)10-4-12/h3-10,16,19H,2,11H2,1H3. The van der Waals surface area contributed by atoms with E-state index in [2.05, 4.69) is 99.3 Å². The second kappa shape index (κ2) is 7.41. The van der Waals surface area contributed by atoms with Gasteiger partial charge in [0.1, 0.15) is 0 Å². The van der Waals surface area contributed by atoms with Gasteiger partial charge in [-0.15, -0.1) is 0 Å². The summed E-state index contributed by atoms with van der Waals surface area (Å²) < 4.78 is 2.41. The van der Waals surface area contributed by atoms with Gasteiger partial charge in [-0.1, -0.05) is 47.1 Å². The lowest BCUT2D eigenvalue weighted by Gasteiger charge is -2.18. The lowest BCUT2D eigenvalue weighted by Crippen LogP contribution is -2.22. The third kappa shape index (κ3) is 4.58. The molecular formula is C16H17BrIN. The topological polar surface area (TPSA) is 12.0 Å². The first-order valence-corrected chi connectivity index (χ1v) is 8.29. The molecule has 0 spiro atoms. The van der Waals surface area contributed by atoms with E-state index in [0.29, 0.717) is 6.04 Å². The lowest BCUT2D eigenvalue weighted by molar-refractivity contribution is 0.550. The molecule has 3 heteroatoms. The summed E-state index contributed by atoms with van der Waals surface area (Å²) in [6, 6.07) is 17.7. The fourth-order valence-corrected chi connectivity index (χ4v) is 2.73. The highest BCUT2D eigenvalue weighted by molar-refractivity contribution is 14.1. The van der Waals surface area contributed by atoms with Crippen molar-refractivity contribution in [1.82, 2.24) is 5.32 Å². The van der Waals surface area contributed by atoms with E-state index in [1.807, 2.05) is 0 Å². The summed E-state index contributed by atoms with van der Waals surface area (Å²) in [5.74, 6) is 0. The number of halogens is 2. The molecule has 1 nitrogen and oxygen atoms in total. The fraction of sp³-hybridized carbons (Fsp3) is 0.250. The highest BCUT2D eigenvalue weighted by Crippen LogP contribution is 2.21. The van der Waals surface area contributed by atoms with Crippen molar-refractivity contribution in [3.8, 4) is 0 Å². The molecule has 0 saturated heterocycles. The third-order valence-corrected chi connectivity index (χ3v) is 4.32. The van der Waals surface area contributed by atoms with E-state index >= 15 is 0 Å². The van der Waals surface area contributed by atoms with Crippen molar-refractivity contribution in [1.29, 1.82) is 0 Å². The summed E-state index contributed by atoms with van der Waals surface area (Å²) in [5.41, 5.74) is 2.71. The van der Waals surface area contributed by atoms with Gasteiger partial charge in [-0.05, 0) is 70.9 Å². The third-order valence-electron chi connectivity index (χ3n) is 3.08. The smallest absolute Gasteiger partial charge is 0.0360 e. The second-order valence-corrected chi connectivity index (χ2v) is 6.65. The molecular weight excluding hydrogens is 413 g/mol. The van der Waals surface area contributed by atoms with Crippen molar-refractivity contribution in [2.45, 2.75) is 19.4 Å². The first kappa shape index (κ1) is 15.0. The Balaban J connectivity index is 2.15. The monoisotopic (exact) mass is 429 g/mol.